The van der Waals surface area contributed by atoms with Gasteiger partial charge in [0.25, 0.3) is 0 Å². The first-order valence-electron chi connectivity index (χ1n) is 7.46. The molecule has 5 nitrogen and oxygen atoms in total. The van der Waals surface area contributed by atoms with E-state index >= 15 is 0 Å². The molecule has 0 spiro atoms. The van der Waals surface area contributed by atoms with Crippen molar-refractivity contribution in [2.45, 2.75) is 38.9 Å². The van der Waals surface area contributed by atoms with Crippen LogP contribution in [0.1, 0.15) is 39.0 Å². The van der Waals surface area contributed by atoms with Gasteiger partial charge in [0, 0.05) is 12.7 Å². The van der Waals surface area contributed by atoms with Gasteiger partial charge in [0.1, 0.15) is 6.07 Å². The van der Waals surface area contributed by atoms with Crippen molar-refractivity contribution in [2.24, 2.45) is 0 Å². The number of nitrogens with zero attached hydrogens (tertiary/aromatic N) is 2. The number of aromatic nitrogens is 1. The molecule has 0 aliphatic carbocycles. The van der Waals surface area contributed by atoms with Crippen LogP contribution in [-0.2, 0) is 9.31 Å². The van der Waals surface area contributed by atoms with Crippen LogP contribution < -0.4 is 5.32 Å². The molecule has 0 aromatic carbocycles. The minimum Gasteiger partial charge on any atom is -0.400 e. The average molecular weight is 317 g/mol. The molecular weight excluding hydrogens is 296 g/mol. The summed E-state index contributed by atoms with van der Waals surface area (Å²) in [4.78, 5) is 3.81. The summed E-state index contributed by atoms with van der Waals surface area (Å²) in [7, 11) is 1.29. The van der Waals surface area contributed by atoms with Crippen molar-refractivity contribution in [3.05, 3.63) is 34.8 Å². The Hall–Kier alpha value is -1.75. The van der Waals surface area contributed by atoms with E-state index in [0.717, 1.165) is 5.47 Å². The third kappa shape index (κ3) is 3.61. The van der Waals surface area contributed by atoms with Crippen molar-refractivity contribution < 1.29 is 13.7 Å². The lowest BCUT2D eigenvalue weighted by atomic mass is 9.77. The molecule has 1 aromatic rings. The van der Waals surface area contributed by atoms with E-state index in [0.29, 0.717) is 12.1 Å². The van der Waals surface area contributed by atoms with Crippen molar-refractivity contribution in [1.29, 1.82) is 5.26 Å². The number of hydrogen-bond donors (Lipinski definition) is 1. The maximum absolute atomic E-state index is 13.7. The zero-order valence-electron chi connectivity index (χ0n) is 14.1. The Morgan fingerprint density at radius 1 is 1.39 bits per heavy atom. The molecule has 2 rings (SSSR count). The first-order valence-corrected chi connectivity index (χ1v) is 7.46. The molecule has 0 radical (unpaired) electrons. The Balaban J connectivity index is 2.32. The van der Waals surface area contributed by atoms with Crippen molar-refractivity contribution >= 4 is 13.2 Å². The number of rotatable bonds is 4. The maximum Gasteiger partial charge on any atom is 0.491 e. The van der Waals surface area contributed by atoms with Crippen LogP contribution in [0.2, 0.25) is 0 Å². The van der Waals surface area contributed by atoms with Crippen molar-refractivity contribution in [2.75, 3.05) is 13.6 Å². The zero-order valence-corrected chi connectivity index (χ0v) is 14.1. The van der Waals surface area contributed by atoms with Crippen LogP contribution in [0.4, 0.5) is 4.39 Å². The lowest BCUT2D eigenvalue weighted by molar-refractivity contribution is 0.00578. The van der Waals surface area contributed by atoms with Gasteiger partial charge in [0.05, 0.1) is 11.2 Å². The van der Waals surface area contributed by atoms with Gasteiger partial charge in [-0.3, -0.25) is 0 Å². The molecule has 0 atom stereocenters. The van der Waals surface area contributed by atoms with Crippen molar-refractivity contribution in [3.8, 4) is 6.07 Å². The molecule has 0 saturated carbocycles. The van der Waals surface area contributed by atoms with E-state index in [1.165, 1.54) is 12.3 Å². The minimum absolute atomic E-state index is 0.215. The van der Waals surface area contributed by atoms with Crippen LogP contribution in [0.3, 0.4) is 0 Å². The number of nitrogens with one attached hydrogen (secondary N) is 1. The second-order valence-corrected chi connectivity index (χ2v) is 6.55. The normalized spacial score (nSPS) is 19.7. The van der Waals surface area contributed by atoms with Gasteiger partial charge >= 0.3 is 7.12 Å². The summed E-state index contributed by atoms with van der Waals surface area (Å²) in [6.07, 6.45) is 3.23. The van der Waals surface area contributed by atoms with Gasteiger partial charge in [0.2, 0.25) is 0 Å². The lowest BCUT2D eigenvalue weighted by Crippen LogP contribution is -2.41. The van der Waals surface area contributed by atoms with Gasteiger partial charge in [-0.1, -0.05) is 6.08 Å². The summed E-state index contributed by atoms with van der Waals surface area (Å²) >= 11 is 0. The second-order valence-electron chi connectivity index (χ2n) is 6.55. The maximum atomic E-state index is 13.7. The fourth-order valence-corrected chi connectivity index (χ4v) is 2.23. The standard InChI is InChI=1S/C16H21BFN3O2/c1-15(2)16(3,4)23-17(22-15)12(10-20-5)6-11-7-13(18)14(8-19)21-9-11/h6-7,9,20H,10H2,1-5H3. The summed E-state index contributed by atoms with van der Waals surface area (Å²) in [6.45, 7) is 8.44. The summed E-state index contributed by atoms with van der Waals surface area (Å²) in [5.74, 6) is -0.640. The predicted molar refractivity (Wildman–Crippen MR) is 86.9 cm³/mol. The fraction of sp³-hybridized carbons (Fsp3) is 0.500. The van der Waals surface area contributed by atoms with Gasteiger partial charge < -0.3 is 14.6 Å². The molecule has 1 N–H and O–H groups in total. The van der Waals surface area contributed by atoms with Crippen LogP contribution in [0, 0.1) is 17.1 Å². The Morgan fingerprint density at radius 3 is 2.48 bits per heavy atom. The van der Waals surface area contributed by atoms with Crippen molar-refractivity contribution in [3.63, 3.8) is 0 Å². The third-order valence-electron chi connectivity index (χ3n) is 4.26. The number of nitriles is 1. The summed E-state index contributed by atoms with van der Waals surface area (Å²) in [5.41, 5.74) is 0.281. The summed E-state index contributed by atoms with van der Waals surface area (Å²) in [5, 5.41) is 11.8. The molecule has 1 aliphatic heterocycles. The highest BCUT2D eigenvalue weighted by Gasteiger charge is 2.52. The average Bonchev–Trinajstić information content (AvgIpc) is 2.67. The SMILES string of the molecule is CNCC(=Cc1cnc(C#N)c(F)c1)B1OC(C)(C)C(C)(C)O1. The molecule has 1 fully saturated rings. The molecule has 0 unspecified atom stereocenters. The summed E-state index contributed by atoms with van der Waals surface area (Å²) in [6, 6.07) is 2.99. The molecule has 23 heavy (non-hydrogen) atoms. The monoisotopic (exact) mass is 317 g/mol. The van der Waals surface area contributed by atoms with E-state index in [2.05, 4.69) is 10.3 Å². The Morgan fingerprint density at radius 2 is 2.00 bits per heavy atom. The van der Waals surface area contributed by atoms with Crippen molar-refractivity contribution in [1.82, 2.24) is 10.3 Å². The van der Waals surface area contributed by atoms with Crippen LogP contribution in [0.25, 0.3) is 6.08 Å². The quantitative estimate of drug-likeness (QED) is 0.863. The topological polar surface area (TPSA) is 67.2 Å². The minimum atomic E-state index is -0.640. The zero-order chi connectivity index (χ0) is 17.3. The van der Waals surface area contributed by atoms with Gasteiger partial charge in [-0.25, -0.2) is 9.37 Å². The molecular formula is C16H21BFN3O2. The van der Waals surface area contributed by atoms with E-state index in [1.54, 1.807) is 12.1 Å². The fourth-order valence-electron chi connectivity index (χ4n) is 2.23. The van der Waals surface area contributed by atoms with E-state index in [4.69, 9.17) is 14.6 Å². The molecule has 1 aromatic heterocycles. The van der Waals surface area contributed by atoms with Gasteiger partial charge in [0.15, 0.2) is 11.5 Å². The van der Waals surface area contributed by atoms with Gasteiger partial charge in [-0.2, -0.15) is 5.26 Å². The second kappa shape index (κ2) is 6.40. The Labute approximate surface area is 136 Å². The third-order valence-corrected chi connectivity index (χ3v) is 4.26. The molecule has 0 bridgehead atoms. The molecule has 7 heteroatoms. The molecule has 1 aliphatic rings. The van der Waals surface area contributed by atoms with Gasteiger partial charge in [-0.05, 0) is 51.8 Å². The van der Waals surface area contributed by atoms with Crippen LogP contribution in [0.15, 0.2) is 17.7 Å². The number of likely N-dealkylation sites (N-methyl/N-ethyl adjacent to an activating group) is 1. The lowest BCUT2D eigenvalue weighted by Gasteiger charge is -2.32. The van der Waals surface area contributed by atoms with E-state index < -0.39 is 24.1 Å². The highest BCUT2D eigenvalue weighted by molar-refractivity contribution is 6.55. The van der Waals surface area contributed by atoms with E-state index in [-0.39, 0.29) is 5.69 Å². The highest BCUT2D eigenvalue weighted by Crippen LogP contribution is 2.38. The number of halogens is 1. The molecule has 0 amide bonds. The van der Waals surface area contributed by atoms with Crippen LogP contribution in [-0.4, -0.2) is 36.9 Å². The largest absolute Gasteiger partial charge is 0.491 e. The number of hydrogen-bond acceptors (Lipinski definition) is 5. The molecule has 122 valence electrons. The first-order chi connectivity index (χ1) is 10.7. The first kappa shape index (κ1) is 17.6. The summed E-state index contributed by atoms with van der Waals surface area (Å²) < 4.78 is 25.8. The number of pyridine rings is 1. The molecule has 1 saturated heterocycles. The van der Waals surface area contributed by atoms with Crippen LogP contribution >= 0.6 is 0 Å². The van der Waals surface area contributed by atoms with Crippen LogP contribution in [0.5, 0.6) is 0 Å². The Kier molecular flexibility index (Phi) is 4.90. The van der Waals surface area contributed by atoms with E-state index in [1.807, 2.05) is 34.7 Å². The Bertz CT molecular complexity index is 652. The van der Waals surface area contributed by atoms with Gasteiger partial charge in [-0.15, -0.1) is 0 Å². The van der Waals surface area contributed by atoms with E-state index in [9.17, 15) is 4.39 Å². The molecule has 2 heterocycles. The highest BCUT2D eigenvalue weighted by atomic mass is 19.1. The predicted octanol–water partition coefficient (Wildman–Crippen LogP) is 2.33. The smallest absolute Gasteiger partial charge is 0.400 e.